The number of imidazole rings is 1. The Bertz CT molecular complexity index is 876. The van der Waals surface area contributed by atoms with Crippen molar-refractivity contribution < 1.29 is 23.8 Å². The van der Waals surface area contributed by atoms with Crippen LogP contribution in [0.5, 0.6) is 11.5 Å². The highest BCUT2D eigenvalue weighted by atomic mass is 19.1. The van der Waals surface area contributed by atoms with Crippen molar-refractivity contribution in [1.29, 1.82) is 0 Å². The molecule has 0 saturated carbocycles. The highest BCUT2D eigenvalue weighted by molar-refractivity contribution is 5.95. The van der Waals surface area contributed by atoms with Gasteiger partial charge in [-0.1, -0.05) is 12.1 Å². The standard InChI is InChI=1S/C16H13FN2O4/c1-22-12-7-4-8-19-13(18-14(15(12)19)16(20)21)9-23-11-6-3-2-5-10(11)17/h2-8H,9H2,1H3,(H,20,21). The van der Waals surface area contributed by atoms with Crippen LogP contribution in [0, 0.1) is 5.82 Å². The van der Waals surface area contributed by atoms with Crippen LogP contribution < -0.4 is 9.47 Å². The van der Waals surface area contributed by atoms with E-state index < -0.39 is 11.8 Å². The van der Waals surface area contributed by atoms with E-state index in [-0.39, 0.29) is 18.1 Å². The predicted molar refractivity (Wildman–Crippen MR) is 79.4 cm³/mol. The summed E-state index contributed by atoms with van der Waals surface area (Å²) in [7, 11) is 1.45. The van der Waals surface area contributed by atoms with Crippen LogP contribution in [0.2, 0.25) is 0 Å². The summed E-state index contributed by atoms with van der Waals surface area (Å²) >= 11 is 0. The van der Waals surface area contributed by atoms with Crippen LogP contribution in [0.15, 0.2) is 42.6 Å². The van der Waals surface area contributed by atoms with Gasteiger partial charge in [0, 0.05) is 6.20 Å². The Hall–Kier alpha value is -3.09. The van der Waals surface area contributed by atoms with E-state index in [1.54, 1.807) is 34.9 Å². The molecule has 3 rings (SSSR count). The molecule has 23 heavy (non-hydrogen) atoms. The first kappa shape index (κ1) is 14.8. The van der Waals surface area contributed by atoms with Gasteiger partial charge in [-0.05, 0) is 24.3 Å². The predicted octanol–water partition coefficient (Wildman–Crippen LogP) is 2.76. The van der Waals surface area contributed by atoms with Crippen LogP contribution in [0.25, 0.3) is 5.52 Å². The fourth-order valence-electron chi connectivity index (χ4n) is 2.29. The summed E-state index contributed by atoms with van der Waals surface area (Å²) in [5.41, 5.74) is 0.184. The highest BCUT2D eigenvalue weighted by Gasteiger charge is 2.20. The summed E-state index contributed by atoms with van der Waals surface area (Å²) in [6.45, 7) is -0.0808. The maximum absolute atomic E-state index is 13.6. The second-order valence-electron chi connectivity index (χ2n) is 4.70. The number of rotatable bonds is 5. The molecule has 0 fully saturated rings. The lowest BCUT2D eigenvalue weighted by molar-refractivity contribution is 0.0692. The number of para-hydroxylation sites is 1. The molecule has 0 amide bonds. The first-order valence-electron chi connectivity index (χ1n) is 6.76. The summed E-state index contributed by atoms with van der Waals surface area (Å²) in [4.78, 5) is 15.5. The fourth-order valence-corrected chi connectivity index (χ4v) is 2.29. The molecule has 6 nitrogen and oxygen atoms in total. The van der Waals surface area contributed by atoms with Gasteiger partial charge in [0.25, 0.3) is 0 Å². The van der Waals surface area contributed by atoms with Crippen molar-refractivity contribution in [2.24, 2.45) is 0 Å². The van der Waals surface area contributed by atoms with Gasteiger partial charge in [0.1, 0.15) is 17.9 Å². The molecule has 1 N–H and O–H groups in total. The molecular formula is C16H13FN2O4. The Morgan fingerprint density at radius 2 is 2.00 bits per heavy atom. The minimum absolute atomic E-state index is 0.0732. The van der Waals surface area contributed by atoms with Crippen molar-refractivity contribution in [3.8, 4) is 11.5 Å². The number of methoxy groups -OCH3 is 1. The SMILES string of the molecule is COc1cccn2c(COc3ccccc3F)nc(C(=O)O)c12. The van der Waals surface area contributed by atoms with Gasteiger partial charge in [-0.15, -0.1) is 0 Å². The number of halogens is 1. The van der Waals surface area contributed by atoms with E-state index in [2.05, 4.69) is 4.98 Å². The zero-order chi connectivity index (χ0) is 16.4. The fraction of sp³-hybridized carbons (Fsp3) is 0.125. The van der Waals surface area contributed by atoms with Crippen LogP contribution in [0.4, 0.5) is 4.39 Å². The van der Waals surface area contributed by atoms with Crippen LogP contribution in [-0.2, 0) is 6.61 Å². The van der Waals surface area contributed by atoms with E-state index in [4.69, 9.17) is 9.47 Å². The zero-order valence-corrected chi connectivity index (χ0v) is 12.2. The number of aromatic carboxylic acids is 1. The summed E-state index contributed by atoms with van der Waals surface area (Å²) in [5.74, 6) is -0.883. The summed E-state index contributed by atoms with van der Waals surface area (Å²) in [6, 6.07) is 9.32. The van der Waals surface area contributed by atoms with Gasteiger partial charge in [-0.2, -0.15) is 0 Å². The van der Waals surface area contributed by atoms with Crippen LogP contribution in [0.1, 0.15) is 16.3 Å². The molecule has 0 spiro atoms. The average molecular weight is 316 g/mol. The van der Waals surface area contributed by atoms with Gasteiger partial charge in [-0.3, -0.25) is 4.40 Å². The third-order valence-corrected chi connectivity index (χ3v) is 3.32. The molecule has 0 aliphatic rings. The smallest absolute Gasteiger partial charge is 0.356 e. The Kier molecular flexibility index (Phi) is 3.84. The highest BCUT2D eigenvalue weighted by Crippen LogP contribution is 2.25. The van der Waals surface area contributed by atoms with Gasteiger partial charge in [-0.25, -0.2) is 14.2 Å². The third kappa shape index (κ3) is 2.68. The van der Waals surface area contributed by atoms with E-state index in [9.17, 15) is 14.3 Å². The number of aromatic nitrogens is 2. The lowest BCUT2D eigenvalue weighted by Gasteiger charge is -2.07. The minimum atomic E-state index is -1.18. The second kappa shape index (κ2) is 5.96. The minimum Gasteiger partial charge on any atom is -0.494 e. The van der Waals surface area contributed by atoms with Gasteiger partial charge >= 0.3 is 5.97 Å². The van der Waals surface area contributed by atoms with E-state index in [1.807, 2.05) is 0 Å². The lowest BCUT2D eigenvalue weighted by atomic mass is 10.3. The van der Waals surface area contributed by atoms with Gasteiger partial charge in [0.2, 0.25) is 0 Å². The van der Waals surface area contributed by atoms with Crippen LogP contribution in [0.3, 0.4) is 0 Å². The van der Waals surface area contributed by atoms with E-state index in [1.165, 1.54) is 19.2 Å². The first-order chi connectivity index (χ1) is 11.1. The first-order valence-corrected chi connectivity index (χ1v) is 6.76. The van der Waals surface area contributed by atoms with Gasteiger partial charge in [0.05, 0.1) is 7.11 Å². The molecule has 0 atom stereocenters. The van der Waals surface area contributed by atoms with Crippen molar-refractivity contribution in [2.45, 2.75) is 6.61 Å². The molecule has 0 aliphatic carbocycles. The number of benzene rings is 1. The van der Waals surface area contributed by atoms with Gasteiger partial charge < -0.3 is 14.6 Å². The number of carbonyl (C=O) groups is 1. The van der Waals surface area contributed by atoms with Crippen molar-refractivity contribution >= 4 is 11.5 Å². The number of hydrogen-bond acceptors (Lipinski definition) is 4. The Morgan fingerprint density at radius 3 is 2.70 bits per heavy atom. The molecule has 3 aromatic rings. The number of hydrogen-bond donors (Lipinski definition) is 1. The van der Waals surface area contributed by atoms with Crippen LogP contribution >= 0.6 is 0 Å². The summed E-state index contributed by atoms with van der Waals surface area (Å²) < 4.78 is 25.7. The third-order valence-electron chi connectivity index (χ3n) is 3.32. The molecule has 7 heteroatoms. The van der Waals surface area contributed by atoms with Gasteiger partial charge in [0.15, 0.2) is 23.1 Å². The molecular weight excluding hydrogens is 303 g/mol. The van der Waals surface area contributed by atoms with E-state index in [0.29, 0.717) is 17.1 Å². The number of nitrogens with zero attached hydrogens (tertiary/aromatic N) is 2. The maximum atomic E-state index is 13.6. The molecule has 2 heterocycles. The lowest BCUT2D eigenvalue weighted by Crippen LogP contribution is -2.02. The monoisotopic (exact) mass is 316 g/mol. The Morgan fingerprint density at radius 1 is 1.26 bits per heavy atom. The number of carboxylic acid groups (broad SMARTS) is 1. The largest absolute Gasteiger partial charge is 0.494 e. The normalized spacial score (nSPS) is 10.7. The van der Waals surface area contributed by atoms with E-state index >= 15 is 0 Å². The summed E-state index contributed by atoms with van der Waals surface area (Å²) in [5, 5.41) is 9.31. The second-order valence-corrected chi connectivity index (χ2v) is 4.70. The number of fused-ring (bicyclic) bond motifs is 1. The molecule has 0 radical (unpaired) electrons. The van der Waals surface area contributed by atoms with Crippen molar-refractivity contribution in [3.63, 3.8) is 0 Å². The number of carboxylic acids is 1. The average Bonchev–Trinajstić information content (AvgIpc) is 2.93. The number of pyridine rings is 1. The van der Waals surface area contributed by atoms with E-state index in [0.717, 1.165) is 0 Å². The number of ether oxygens (including phenoxy) is 2. The Balaban J connectivity index is 2.01. The quantitative estimate of drug-likeness (QED) is 0.783. The molecule has 0 aliphatic heterocycles. The zero-order valence-electron chi connectivity index (χ0n) is 12.2. The maximum Gasteiger partial charge on any atom is 0.356 e. The molecule has 0 unspecified atom stereocenters. The van der Waals surface area contributed by atoms with Crippen molar-refractivity contribution in [1.82, 2.24) is 9.38 Å². The summed E-state index contributed by atoms with van der Waals surface area (Å²) in [6.07, 6.45) is 1.65. The topological polar surface area (TPSA) is 73.1 Å². The van der Waals surface area contributed by atoms with Crippen molar-refractivity contribution in [3.05, 3.63) is 59.9 Å². The molecule has 0 bridgehead atoms. The van der Waals surface area contributed by atoms with Crippen molar-refractivity contribution in [2.75, 3.05) is 7.11 Å². The molecule has 2 aromatic heterocycles. The van der Waals surface area contributed by atoms with Crippen LogP contribution in [-0.4, -0.2) is 27.6 Å². The molecule has 1 aromatic carbocycles. The molecule has 118 valence electrons. The molecule has 0 saturated heterocycles. The Labute approximate surface area is 130 Å².